The molecule has 0 fully saturated rings. The van der Waals surface area contributed by atoms with Gasteiger partial charge < -0.3 is 5.32 Å². The predicted octanol–water partition coefficient (Wildman–Crippen LogP) is 3.05. The monoisotopic (exact) mass is 232 g/mol. The molecule has 0 radical (unpaired) electrons. The Balaban J connectivity index is 1.92. The molecular weight excluding hydrogens is 216 g/mol. The SMILES string of the molecule is Cc1cccc(CNCc2nccs2)c1C. The van der Waals surface area contributed by atoms with Crippen LogP contribution in [-0.4, -0.2) is 4.98 Å². The van der Waals surface area contributed by atoms with E-state index >= 15 is 0 Å². The molecule has 0 spiro atoms. The van der Waals surface area contributed by atoms with Crippen molar-refractivity contribution in [2.75, 3.05) is 0 Å². The molecule has 1 N–H and O–H groups in total. The predicted molar refractivity (Wildman–Crippen MR) is 68.6 cm³/mol. The van der Waals surface area contributed by atoms with Crippen LogP contribution >= 0.6 is 11.3 Å². The van der Waals surface area contributed by atoms with Gasteiger partial charge in [-0.05, 0) is 30.5 Å². The fourth-order valence-electron chi connectivity index (χ4n) is 1.65. The molecule has 84 valence electrons. The van der Waals surface area contributed by atoms with E-state index in [0.717, 1.165) is 18.1 Å². The first-order valence-corrected chi connectivity index (χ1v) is 6.29. The van der Waals surface area contributed by atoms with Gasteiger partial charge in [0.05, 0.1) is 0 Å². The molecule has 1 heterocycles. The molecule has 1 aromatic carbocycles. The van der Waals surface area contributed by atoms with Gasteiger partial charge in [-0.25, -0.2) is 4.98 Å². The number of hydrogen-bond acceptors (Lipinski definition) is 3. The van der Waals surface area contributed by atoms with Crippen molar-refractivity contribution in [1.82, 2.24) is 10.3 Å². The lowest BCUT2D eigenvalue weighted by atomic mass is 10.0. The second-order valence-corrected chi connectivity index (χ2v) is 4.87. The summed E-state index contributed by atoms with van der Waals surface area (Å²) in [4.78, 5) is 4.24. The molecule has 0 saturated heterocycles. The fourth-order valence-corrected chi connectivity index (χ4v) is 2.23. The topological polar surface area (TPSA) is 24.9 Å². The molecule has 0 amide bonds. The summed E-state index contributed by atoms with van der Waals surface area (Å²) < 4.78 is 0. The van der Waals surface area contributed by atoms with Crippen molar-refractivity contribution in [2.45, 2.75) is 26.9 Å². The Labute approximate surface area is 100 Å². The highest BCUT2D eigenvalue weighted by atomic mass is 32.1. The molecule has 0 aliphatic carbocycles. The van der Waals surface area contributed by atoms with Crippen LogP contribution in [-0.2, 0) is 13.1 Å². The van der Waals surface area contributed by atoms with Gasteiger partial charge in [0, 0.05) is 24.7 Å². The van der Waals surface area contributed by atoms with Crippen LogP contribution in [0.5, 0.6) is 0 Å². The van der Waals surface area contributed by atoms with E-state index < -0.39 is 0 Å². The maximum Gasteiger partial charge on any atom is 0.106 e. The molecular formula is C13H16N2S. The quantitative estimate of drug-likeness (QED) is 0.876. The van der Waals surface area contributed by atoms with Crippen LogP contribution in [0, 0.1) is 13.8 Å². The van der Waals surface area contributed by atoms with E-state index in [1.54, 1.807) is 11.3 Å². The molecule has 0 bridgehead atoms. The van der Waals surface area contributed by atoms with Gasteiger partial charge in [0.2, 0.25) is 0 Å². The average Bonchev–Trinajstić information content (AvgIpc) is 2.77. The molecule has 3 heteroatoms. The molecule has 0 aliphatic heterocycles. The molecule has 1 aromatic heterocycles. The molecule has 2 aromatic rings. The zero-order chi connectivity index (χ0) is 11.4. The van der Waals surface area contributed by atoms with Gasteiger partial charge in [0.15, 0.2) is 0 Å². The van der Waals surface area contributed by atoms with Crippen molar-refractivity contribution >= 4 is 11.3 Å². The summed E-state index contributed by atoms with van der Waals surface area (Å²) in [7, 11) is 0. The van der Waals surface area contributed by atoms with Crippen LogP contribution in [0.25, 0.3) is 0 Å². The Morgan fingerprint density at radius 2 is 2.12 bits per heavy atom. The summed E-state index contributed by atoms with van der Waals surface area (Å²) in [6, 6.07) is 6.44. The van der Waals surface area contributed by atoms with Crippen LogP contribution in [0.2, 0.25) is 0 Å². The van der Waals surface area contributed by atoms with Crippen LogP contribution in [0.1, 0.15) is 21.7 Å². The Morgan fingerprint density at radius 3 is 2.88 bits per heavy atom. The number of benzene rings is 1. The van der Waals surface area contributed by atoms with Gasteiger partial charge in [-0.15, -0.1) is 11.3 Å². The maximum absolute atomic E-state index is 4.24. The second-order valence-electron chi connectivity index (χ2n) is 3.89. The minimum Gasteiger partial charge on any atom is -0.306 e. The summed E-state index contributed by atoms with van der Waals surface area (Å²) in [5.74, 6) is 0. The highest BCUT2D eigenvalue weighted by Gasteiger charge is 2.00. The van der Waals surface area contributed by atoms with E-state index in [2.05, 4.69) is 42.3 Å². The Kier molecular flexibility index (Phi) is 3.70. The average molecular weight is 232 g/mol. The van der Waals surface area contributed by atoms with E-state index in [-0.39, 0.29) is 0 Å². The van der Waals surface area contributed by atoms with E-state index in [1.807, 2.05) is 11.6 Å². The van der Waals surface area contributed by atoms with Gasteiger partial charge in [-0.1, -0.05) is 18.2 Å². The van der Waals surface area contributed by atoms with Gasteiger partial charge in [-0.3, -0.25) is 0 Å². The Bertz CT molecular complexity index is 449. The standard InChI is InChI=1S/C13H16N2S/c1-10-4-3-5-12(11(10)2)8-14-9-13-15-6-7-16-13/h3-7,14H,8-9H2,1-2H3. The zero-order valence-corrected chi connectivity index (χ0v) is 10.5. The Hall–Kier alpha value is -1.19. The largest absolute Gasteiger partial charge is 0.306 e. The third kappa shape index (κ3) is 2.68. The number of aryl methyl sites for hydroxylation is 1. The van der Waals surface area contributed by atoms with Crippen molar-refractivity contribution in [3.8, 4) is 0 Å². The molecule has 0 unspecified atom stereocenters. The number of nitrogens with one attached hydrogen (secondary N) is 1. The van der Waals surface area contributed by atoms with E-state index in [9.17, 15) is 0 Å². The second kappa shape index (κ2) is 5.23. The first-order chi connectivity index (χ1) is 7.77. The summed E-state index contributed by atoms with van der Waals surface area (Å²) in [5.41, 5.74) is 4.11. The van der Waals surface area contributed by atoms with Crippen LogP contribution in [0.15, 0.2) is 29.8 Å². The molecule has 2 rings (SSSR count). The van der Waals surface area contributed by atoms with Crippen molar-refractivity contribution in [3.63, 3.8) is 0 Å². The molecule has 2 nitrogen and oxygen atoms in total. The highest BCUT2D eigenvalue weighted by Crippen LogP contribution is 2.12. The van der Waals surface area contributed by atoms with Crippen molar-refractivity contribution in [2.24, 2.45) is 0 Å². The van der Waals surface area contributed by atoms with E-state index in [4.69, 9.17) is 0 Å². The van der Waals surface area contributed by atoms with Crippen LogP contribution in [0.4, 0.5) is 0 Å². The Morgan fingerprint density at radius 1 is 1.25 bits per heavy atom. The lowest BCUT2D eigenvalue weighted by molar-refractivity contribution is 0.687. The molecule has 0 atom stereocenters. The smallest absolute Gasteiger partial charge is 0.106 e. The summed E-state index contributed by atoms with van der Waals surface area (Å²) in [6.07, 6.45) is 1.85. The van der Waals surface area contributed by atoms with Crippen LogP contribution in [0.3, 0.4) is 0 Å². The first kappa shape index (κ1) is 11.3. The lowest BCUT2D eigenvalue weighted by Gasteiger charge is -2.08. The van der Waals surface area contributed by atoms with E-state index in [1.165, 1.54) is 16.7 Å². The summed E-state index contributed by atoms with van der Waals surface area (Å²) in [5, 5.41) is 6.57. The minimum absolute atomic E-state index is 0.852. The third-order valence-corrected chi connectivity index (χ3v) is 3.57. The fraction of sp³-hybridized carbons (Fsp3) is 0.308. The number of aromatic nitrogens is 1. The zero-order valence-electron chi connectivity index (χ0n) is 9.66. The third-order valence-electron chi connectivity index (χ3n) is 2.79. The molecule has 0 saturated carbocycles. The minimum atomic E-state index is 0.852. The maximum atomic E-state index is 4.24. The molecule has 16 heavy (non-hydrogen) atoms. The first-order valence-electron chi connectivity index (χ1n) is 5.41. The van der Waals surface area contributed by atoms with E-state index in [0.29, 0.717) is 0 Å². The number of rotatable bonds is 4. The van der Waals surface area contributed by atoms with Crippen molar-refractivity contribution < 1.29 is 0 Å². The highest BCUT2D eigenvalue weighted by molar-refractivity contribution is 7.09. The van der Waals surface area contributed by atoms with Gasteiger partial charge in [-0.2, -0.15) is 0 Å². The lowest BCUT2D eigenvalue weighted by Crippen LogP contribution is -2.13. The summed E-state index contributed by atoms with van der Waals surface area (Å²) in [6.45, 7) is 6.09. The van der Waals surface area contributed by atoms with Gasteiger partial charge in [0.1, 0.15) is 5.01 Å². The number of thiazole rings is 1. The van der Waals surface area contributed by atoms with Crippen molar-refractivity contribution in [1.29, 1.82) is 0 Å². The van der Waals surface area contributed by atoms with Crippen LogP contribution < -0.4 is 5.32 Å². The normalized spacial score (nSPS) is 10.6. The summed E-state index contributed by atoms with van der Waals surface area (Å²) >= 11 is 1.69. The van der Waals surface area contributed by atoms with Gasteiger partial charge in [0.25, 0.3) is 0 Å². The molecule has 0 aliphatic rings. The number of hydrogen-bond donors (Lipinski definition) is 1. The van der Waals surface area contributed by atoms with Gasteiger partial charge >= 0.3 is 0 Å². The van der Waals surface area contributed by atoms with Crippen molar-refractivity contribution in [3.05, 3.63) is 51.5 Å². The number of nitrogens with zero attached hydrogens (tertiary/aromatic N) is 1.